The minimum atomic E-state index is -4.60. The van der Waals surface area contributed by atoms with E-state index < -0.39 is 30.4 Å². The van der Waals surface area contributed by atoms with Gasteiger partial charge >= 0.3 is 0 Å². The smallest absolute Gasteiger partial charge is 0.294 e. The third-order valence-corrected chi connectivity index (χ3v) is 12.5. The van der Waals surface area contributed by atoms with E-state index in [0.29, 0.717) is 83.8 Å². The maximum absolute atomic E-state index is 12.3. The standard InChI is InChI=1S/C43H29N5O9S3/c49-58(50,51)34-11-1-25(2-12-34)37-23-33-22-31-8-7-29(45-31)21-30-9-10-32(46-30)24-38-39(28-17-19-44-20-18-28)40(26-3-13-35(14-4-26)59(52,53)54)43(48-38)41(42(37)47-33)27-5-15-36(16-6-27)60(55,56)57/h1-24,45,48H,(H,49,50,51)(H,52,53,54)(H,55,56,57). The number of rotatable bonds is 7. The molecule has 0 atom stereocenters. The zero-order valence-corrected chi connectivity index (χ0v) is 33.2. The van der Waals surface area contributed by atoms with Gasteiger partial charge in [0, 0.05) is 51.2 Å². The van der Waals surface area contributed by atoms with Crippen LogP contribution in [-0.2, 0) is 30.4 Å². The van der Waals surface area contributed by atoms with Crippen LogP contribution in [0.1, 0.15) is 28.3 Å². The summed E-state index contributed by atoms with van der Waals surface area (Å²) in [7, 11) is -13.7. The molecule has 298 valence electrons. The molecule has 0 saturated heterocycles. The number of aromatic amines is 2. The highest BCUT2D eigenvalue weighted by Crippen LogP contribution is 2.46. The molecule has 0 spiro atoms. The van der Waals surface area contributed by atoms with E-state index in [9.17, 15) is 38.9 Å². The second kappa shape index (κ2) is 14.5. The molecule has 0 unspecified atom stereocenters. The lowest BCUT2D eigenvalue weighted by Crippen LogP contribution is -1.99. The molecule has 7 aromatic rings. The molecule has 4 aromatic heterocycles. The third kappa shape index (κ3) is 7.48. The molecule has 9 rings (SSSR count). The molecule has 0 fully saturated rings. The Hall–Kier alpha value is -6.86. The molecule has 0 saturated carbocycles. The fraction of sp³-hybridized carbons (Fsp3) is 0. The molecule has 6 heterocycles. The van der Waals surface area contributed by atoms with Crippen molar-refractivity contribution in [1.82, 2.24) is 24.9 Å². The predicted octanol–water partition coefficient (Wildman–Crippen LogP) is 8.21. The fourth-order valence-corrected chi connectivity index (χ4v) is 8.70. The quantitative estimate of drug-likeness (QED) is 0.0955. The summed E-state index contributed by atoms with van der Waals surface area (Å²) in [6, 6.07) is 29.7. The molecule has 60 heavy (non-hydrogen) atoms. The Bertz CT molecular complexity index is 3470. The molecular formula is C43H29N5O9S3. The zero-order chi connectivity index (χ0) is 42.0. The van der Waals surface area contributed by atoms with Crippen LogP contribution in [0.2, 0.25) is 0 Å². The lowest BCUT2D eigenvalue weighted by molar-refractivity contribution is 0.481. The summed E-state index contributed by atoms with van der Waals surface area (Å²) in [4.78, 5) is 20.2. The Morgan fingerprint density at radius 2 is 0.917 bits per heavy atom. The molecular weight excluding hydrogens is 827 g/mol. The number of aromatic nitrogens is 5. The van der Waals surface area contributed by atoms with E-state index in [1.807, 2.05) is 42.5 Å². The van der Waals surface area contributed by atoms with Gasteiger partial charge in [-0.05, 0) is 119 Å². The van der Waals surface area contributed by atoms with E-state index in [-0.39, 0.29) is 14.7 Å². The van der Waals surface area contributed by atoms with Gasteiger partial charge in [0.15, 0.2) is 0 Å². The maximum atomic E-state index is 12.3. The van der Waals surface area contributed by atoms with Crippen molar-refractivity contribution in [2.45, 2.75) is 14.7 Å². The Balaban J connectivity index is 1.51. The van der Waals surface area contributed by atoms with Crippen LogP contribution < -0.4 is 0 Å². The van der Waals surface area contributed by atoms with E-state index >= 15 is 0 Å². The van der Waals surface area contributed by atoms with Crippen molar-refractivity contribution < 1.29 is 38.9 Å². The fourth-order valence-electron chi connectivity index (χ4n) is 7.26. The number of hydrogen-bond acceptors (Lipinski definition) is 9. The summed E-state index contributed by atoms with van der Waals surface area (Å²) in [6.45, 7) is 0. The van der Waals surface area contributed by atoms with Crippen LogP contribution in [0.15, 0.2) is 142 Å². The van der Waals surface area contributed by atoms with Gasteiger partial charge in [-0.25, -0.2) is 9.97 Å². The average molecular weight is 856 g/mol. The van der Waals surface area contributed by atoms with Crippen LogP contribution in [0.25, 0.3) is 79.2 Å². The molecule has 2 aliphatic rings. The number of fused-ring (bicyclic) bond motifs is 8. The number of nitrogens with one attached hydrogen (secondary N) is 2. The van der Waals surface area contributed by atoms with Gasteiger partial charge in [-0.3, -0.25) is 18.6 Å². The average Bonchev–Trinajstić information content (AvgIpc) is 4.02. The first-order valence-corrected chi connectivity index (χ1v) is 22.2. The minimum absolute atomic E-state index is 0.323. The van der Waals surface area contributed by atoms with Crippen LogP contribution in [0.4, 0.5) is 0 Å². The minimum Gasteiger partial charge on any atom is -0.355 e. The molecule has 14 nitrogen and oxygen atoms in total. The Kier molecular flexibility index (Phi) is 9.31. The molecule has 0 radical (unpaired) electrons. The predicted molar refractivity (Wildman–Crippen MR) is 227 cm³/mol. The van der Waals surface area contributed by atoms with E-state index in [1.165, 1.54) is 60.7 Å². The molecule has 17 heteroatoms. The molecule has 0 aliphatic carbocycles. The molecule has 5 N–H and O–H groups in total. The highest BCUT2D eigenvalue weighted by Gasteiger charge is 2.26. The van der Waals surface area contributed by atoms with Gasteiger partial charge in [-0.2, -0.15) is 25.3 Å². The van der Waals surface area contributed by atoms with E-state index in [2.05, 4.69) is 15.0 Å². The number of nitrogens with zero attached hydrogens (tertiary/aromatic N) is 3. The Morgan fingerprint density at radius 3 is 1.45 bits per heavy atom. The van der Waals surface area contributed by atoms with Gasteiger partial charge < -0.3 is 9.97 Å². The lowest BCUT2D eigenvalue weighted by atomic mass is 9.91. The molecule has 0 amide bonds. The van der Waals surface area contributed by atoms with Crippen LogP contribution in [0.5, 0.6) is 0 Å². The van der Waals surface area contributed by atoms with Crippen molar-refractivity contribution in [3.63, 3.8) is 0 Å². The summed E-state index contributed by atoms with van der Waals surface area (Å²) < 4.78 is 103. The van der Waals surface area contributed by atoms with Crippen molar-refractivity contribution in [2.75, 3.05) is 0 Å². The van der Waals surface area contributed by atoms with Crippen molar-refractivity contribution >= 4 is 76.2 Å². The van der Waals surface area contributed by atoms with Crippen LogP contribution in [-0.4, -0.2) is 63.8 Å². The zero-order valence-electron chi connectivity index (χ0n) is 30.7. The summed E-state index contributed by atoms with van der Waals surface area (Å²) in [5.41, 5.74) is 8.82. The van der Waals surface area contributed by atoms with Crippen LogP contribution >= 0.6 is 0 Å². The van der Waals surface area contributed by atoms with Crippen molar-refractivity contribution in [3.8, 4) is 33.4 Å². The first kappa shape index (κ1) is 38.6. The van der Waals surface area contributed by atoms with Gasteiger partial charge in [-0.1, -0.05) is 36.4 Å². The molecule has 8 bridgehead atoms. The number of benzene rings is 3. The summed E-state index contributed by atoms with van der Waals surface area (Å²) >= 11 is 0. The van der Waals surface area contributed by atoms with Crippen LogP contribution in [0.3, 0.4) is 0 Å². The largest absolute Gasteiger partial charge is 0.355 e. The van der Waals surface area contributed by atoms with Crippen molar-refractivity contribution in [3.05, 3.63) is 156 Å². The Labute approximate surface area is 342 Å². The van der Waals surface area contributed by atoms with E-state index in [4.69, 9.17) is 9.97 Å². The van der Waals surface area contributed by atoms with Gasteiger partial charge in [0.25, 0.3) is 30.4 Å². The topological polar surface area (TPSA) is 233 Å². The van der Waals surface area contributed by atoms with Gasteiger partial charge in [0.1, 0.15) is 0 Å². The highest BCUT2D eigenvalue weighted by molar-refractivity contribution is 7.86. The van der Waals surface area contributed by atoms with Crippen molar-refractivity contribution in [2.24, 2.45) is 0 Å². The monoisotopic (exact) mass is 855 g/mol. The first-order valence-electron chi connectivity index (χ1n) is 17.9. The molecule has 2 aliphatic heterocycles. The summed E-state index contributed by atoms with van der Waals surface area (Å²) in [5, 5.41) is 0. The summed E-state index contributed by atoms with van der Waals surface area (Å²) in [5.74, 6) is 0. The SMILES string of the molecule is O=S(=O)(O)c1ccc(C2=Cc3cc4ccc(cc5nc(cc6[nH]c(c(-c7ccc(S(=O)(=O)O)cc7)c2n3)c(-c2ccc(S(=O)(=O)O)cc2)c6-c2ccncc2)C=C5)[nH]4)cc1. The number of hydrogen-bond donors (Lipinski definition) is 5. The van der Waals surface area contributed by atoms with Gasteiger partial charge in [0.05, 0.1) is 43.0 Å². The maximum Gasteiger partial charge on any atom is 0.294 e. The van der Waals surface area contributed by atoms with Crippen LogP contribution in [0, 0.1) is 0 Å². The highest BCUT2D eigenvalue weighted by atomic mass is 32.2. The van der Waals surface area contributed by atoms with Gasteiger partial charge in [0.2, 0.25) is 0 Å². The number of pyridine rings is 1. The third-order valence-electron chi connectivity index (χ3n) is 9.93. The Morgan fingerprint density at radius 1 is 0.450 bits per heavy atom. The van der Waals surface area contributed by atoms with Crippen molar-refractivity contribution in [1.29, 1.82) is 0 Å². The second-order valence-electron chi connectivity index (χ2n) is 13.8. The number of H-pyrrole nitrogens is 2. The van der Waals surface area contributed by atoms with E-state index in [1.54, 1.807) is 42.7 Å². The summed E-state index contributed by atoms with van der Waals surface area (Å²) in [6.07, 6.45) is 8.78. The first-order chi connectivity index (χ1) is 28.6. The lowest BCUT2D eigenvalue weighted by Gasteiger charge is -2.13. The van der Waals surface area contributed by atoms with E-state index in [0.717, 1.165) is 5.52 Å². The normalized spacial score (nSPS) is 13.0. The molecule has 3 aromatic carbocycles. The van der Waals surface area contributed by atoms with Gasteiger partial charge in [-0.15, -0.1) is 0 Å². The second-order valence-corrected chi connectivity index (χ2v) is 18.1.